The van der Waals surface area contributed by atoms with E-state index in [9.17, 15) is 4.79 Å². The topological polar surface area (TPSA) is 50.4 Å². The zero-order valence-electron chi connectivity index (χ0n) is 9.27. The third-order valence-corrected chi connectivity index (χ3v) is 1.70. The van der Waals surface area contributed by atoms with Crippen molar-refractivity contribution in [3.63, 3.8) is 0 Å². The molecule has 0 aliphatic carbocycles. The second-order valence-corrected chi connectivity index (χ2v) is 3.07. The zero-order valence-corrected chi connectivity index (χ0v) is 9.27. The molecule has 1 amide bonds. The van der Waals surface area contributed by atoms with Crippen LogP contribution in [-0.2, 0) is 9.53 Å². The molecule has 0 unspecified atom stereocenters. The second-order valence-electron chi connectivity index (χ2n) is 3.07. The van der Waals surface area contributed by atoms with Crippen LogP contribution in [0.1, 0.15) is 26.7 Å². The van der Waals surface area contributed by atoms with Crippen molar-refractivity contribution in [1.29, 1.82) is 0 Å². The Labute approximate surface area is 86.4 Å². The summed E-state index contributed by atoms with van der Waals surface area (Å²) in [5.41, 5.74) is 0. The molecule has 0 radical (unpaired) electrons. The lowest BCUT2D eigenvalue weighted by Crippen LogP contribution is -2.32. The van der Waals surface area contributed by atoms with Crippen molar-refractivity contribution in [2.24, 2.45) is 0 Å². The summed E-state index contributed by atoms with van der Waals surface area (Å²) in [5.74, 6) is 0.0685. The minimum Gasteiger partial charge on any atom is -0.381 e. The van der Waals surface area contributed by atoms with E-state index in [1.807, 2.05) is 6.92 Å². The molecular formula is C10H22N2O2. The van der Waals surface area contributed by atoms with Gasteiger partial charge in [0, 0.05) is 26.1 Å². The van der Waals surface area contributed by atoms with Crippen molar-refractivity contribution >= 4 is 5.91 Å². The van der Waals surface area contributed by atoms with E-state index in [4.69, 9.17) is 4.74 Å². The first-order valence-electron chi connectivity index (χ1n) is 5.36. The molecule has 0 aromatic rings. The van der Waals surface area contributed by atoms with E-state index in [1.54, 1.807) is 0 Å². The van der Waals surface area contributed by atoms with Gasteiger partial charge in [0.1, 0.15) is 0 Å². The molecule has 0 bridgehead atoms. The molecule has 0 atom stereocenters. The first-order chi connectivity index (χ1) is 6.81. The summed E-state index contributed by atoms with van der Waals surface area (Å²) in [5, 5.41) is 5.95. The first kappa shape index (κ1) is 13.4. The summed E-state index contributed by atoms with van der Waals surface area (Å²) < 4.78 is 5.20. The van der Waals surface area contributed by atoms with Crippen LogP contribution in [0.15, 0.2) is 0 Å². The number of carbonyl (C=O) groups excluding carboxylic acids is 1. The number of ether oxygens (including phenoxy) is 1. The maximum Gasteiger partial charge on any atom is 0.222 e. The Hall–Kier alpha value is -0.610. The van der Waals surface area contributed by atoms with Crippen molar-refractivity contribution < 1.29 is 9.53 Å². The van der Waals surface area contributed by atoms with E-state index in [-0.39, 0.29) is 5.91 Å². The molecule has 0 saturated heterocycles. The molecule has 4 nitrogen and oxygen atoms in total. The van der Waals surface area contributed by atoms with Gasteiger partial charge in [-0.2, -0.15) is 0 Å². The Bertz CT molecular complexity index is 126. The Morgan fingerprint density at radius 1 is 1.21 bits per heavy atom. The van der Waals surface area contributed by atoms with Crippen LogP contribution >= 0.6 is 0 Å². The van der Waals surface area contributed by atoms with Gasteiger partial charge in [-0.25, -0.2) is 0 Å². The fourth-order valence-electron chi connectivity index (χ4n) is 0.967. The van der Waals surface area contributed by atoms with Gasteiger partial charge in [0.25, 0.3) is 0 Å². The quantitative estimate of drug-likeness (QED) is 0.536. The summed E-state index contributed by atoms with van der Waals surface area (Å²) in [6.07, 6.45) is 1.47. The van der Waals surface area contributed by atoms with Crippen molar-refractivity contribution in [3.05, 3.63) is 0 Å². The monoisotopic (exact) mass is 202 g/mol. The fourth-order valence-corrected chi connectivity index (χ4v) is 0.967. The molecule has 0 aromatic carbocycles. The normalized spacial score (nSPS) is 10.1. The number of hydrogen-bond acceptors (Lipinski definition) is 3. The summed E-state index contributed by atoms with van der Waals surface area (Å²) in [7, 11) is 0. The molecule has 2 N–H and O–H groups in total. The Morgan fingerprint density at radius 3 is 2.64 bits per heavy atom. The van der Waals surface area contributed by atoms with Crippen molar-refractivity contribution in [2.75, 3.05) is 32.8 Å². The molecule has 14 heavy (non-hydrogen) atoms. The van der Waals surface area contributed by atoms with E-state index < -0.39 is 0 Å². The standard InChI is InChI=1S/C10H22N2O2/c1-3-8-14-9-5-10(13)12-7-6-11-4-2/h11H,3-9H2,1-2H3,(H,12,13). The van der Waals surface area contributed by atoms with E-state index >= 15 is 0 Å². The SMILES string of the molecule is CCCOCCC(=O)NCCNCC. The second kappa shape index (κ2) is 10.5. The smallest absolute Gasteiger partial charge is 0.222 e. The lowest BCUT2D eigenvalue weighted by Gasteiger charge is -2.05. The number of amides is 1. The van der Waals surface area contributed by atoms with Crippen LogP contribution < -0.4 is 10.6 Å². The number of rotatable bonds is 9. The van der Waals surface area contributed by atoms with Crippen LogP contribution in [0, 0.1) is 0 Å². The number of hydrogen-bond donors (Lipinski definition) is 2. The predicted molar refractivity (Wildman–Crippen MR) is 57.3 cm³/mol. The Kier molecular flexibility index (Phi) is 10.0. The summed E-state index contributed by atoms with van der Waals surface area (Å²) >= 11 is 0. The zero-order chi connectivity index (χ0) is 10.6. The highest BCUT2D eigenvalue weighted by Crippen LogP contribution is 1.85. The average molecular weight is 202 g/mol. The van der Waals surface area contributed by atoms with Crippen LogP contribution in [0.5, 0.6) is 0 Å². The third-order valence-electron chi connectivity index (χ3n) is 1.70. The van der Waals surface area contributed by atoms with Gasteiger partial charge in [-0.15, -0.1) is 0 Å². The van der Waals surface area contributed by atoms with Crippen molar-refractivity contribution in [1.82, 2.24) is 10.6 Å². The van der Waals surface area contributed by atoms with Crippen LogP contribution in [0.25, 0.3) is 0 Å². The van der Waals surface area contributed by atoms with E-state index in [2.05, 4.69) is 17.6 Å². The van der Waals surface area contributed by atoms with Gasteiger partial charge in [-0.05, 0) is 13.0 Å². The predicted octanol–water partition coefficient (Wildman–Crippen LogP) is 0.529. The number of carbonyl (C=O) groups is 1. The molecule has 0 rings (SSSR count). The van der Waals surface area contributed by atoms with Gasteiger partial charge in [0.2, 0.25) is 5.91 Å². The van der Waals surface area contributed by atoms with Crippen LogP contribution in [0.2, 0.25) is 0 Å². The molecular weight excluding hydrogens is 180 g/mol. The van der Waals surface area contributed by atoms with Crippen LogP contribution in [0.4, 0.5) is 0 Å². The van der Waals surface area contributed by atoms with Gasteiger partial charge in [-0.1, -0.05) is 13.8 Å². The molecule has 0 saturated carbocycles. The minimum absolute atomic E-state index is 0.0685. The van der Waals surface area contributed by atoms with E-state index in [1.165, 1.54) is 0 Å². The molecule has 0 aromatic heterocycles. The number of nitrogens with one attached hydrogen (secondary N) is 2. The summed E-state index contributed by atoms with van der Waals surface area (Å²) in [4.78, 5) is 11.2. The van der Waals surface area contributed by atoms with E-state index in [0.29, 0.717) is 19.6 Å². The molecule has 0 heterocycles. The lowest BCUT2D eigenvalue weighted by atomic mass is 10.4. The largest absolute Gasteiger partial charge is 0.381 e. The third kappa shape index (κ3) is 9.48. The summed E-state index contributed by atoms with van der Waals surface area (Å²) in [6.45, 7) is 7.83. The first-order valence-corrected chi connectivity index (χ1v) is 5.36. The summed E-state index contributed by atoms with van der Waals surface area (Å²) in [6, 6.07) is 0. The van der Waals surface area contributed by atoms with Gasteiger partial charge in [0.05, 0.1) is 6.61 Å². The van der Waals surface area contributed by atoms with Crippen molar-refractivity contribution in [3.8, 4) is 0 Å². The van der Waals surface area contributed by atoms with Gasteiger partial charge in [-0.3, -0.25) is 4.79 Å². The number of likely N-dealkylation sites (N-methyl/N-ethyl adjacent to an activating group) is 1. The van der Waals surface area contributed by atoms with E-state index in [0.717, 1.165) is 26.1 Å². The molecule has 0 spiro atoms. The molecule has 0 aliphatic heterocycles. The Balaban J connectivity index is 3.11. The van der Waals surface area contributed by atoms with Gasteiger partial charge in [0.15, 0.2) is 0 Å². The maximum absolute atomic E-state index is 11.2. The highest BCUT2D eigenvalue weighted by molar-refractivity contribution is 5.75. The molecule has 0 aliphatic rings. The highest BCUT2D eigenvalue weighted by atomic mass is 16.5. The molecule has 0 fully saturated rings. The van der Waals surface area contributed by atoms with Crippen LogP contribution in [0.3, 0.4) is 0 Å². The average Bonchev–Trinajstić information content (AvgIpc) is 2.19. The fraction of sp³-hybridized carbons (Fsp3) is 0.900. The highest BCUT2D eigenvalue weighted by Gasteiger charge is 1.98. The maximum atomic E-state index is 11.2. The van der Waals surface area contributed by atoms with Gasteiger partial charge >= 0.3 is 0 Å². The Morgan fingerprint density at radius 2 is 2.00 bits per heavy atom. The lowest BCUT2D eigenvalue weighted by molar-refractivity contribution is -0.122. The van der Waals surface area contributed by atoms with Gasteiger partial charge < -0.3 is 15.4 Å². The minimum atomic E-state index is 0.0685. The molecule has 84 valence electrons. The molecule has 4 heteroatoms. The van der Waals surface area contributed by atoms with Crippen molar-refractivity contribution in [2.45, 2.75) is 26.7 Å². The van der Waals surface area contributed by atoms with Crippen LogP contribution in [-0.4, -0.2) is 38.8 Å².